The highest BCUT2D eigenvalue weighted by Crippen LogP contribution is 2.33. The van der Waals surface area contributed by atoms with E-state index in [0.717, 1.165) is 12.5 Å². The first-order chi connectivity index (χ1) is 8.84. The summed E-state index contributed by atoms with van der Waals surface area (Å²) < 4.78 is 5.47. The maximum atomic E-state index is 9.71. The van der Waals surface area contributed by atoms with Gasteiger partial charge in [0.1, 0.15) is 0 Å². The number of aliphatic hydroxyl groups is 1. The zero-order valence-corrected chi connectivity index (χ0v) is 11.6. The predicted molar refractivity (Wildman–Crippen MR) is 74.8 cm³/mol. The van der Waals surface area contributed by atoms with Crippen molar-refractivity contribution in [3.05, 3.63) is 22.4 Å². The topological polar surface area (TPSA) is 41.5 Å². The van der Waals surface area contributed by atoms with Gasteiger partial charge in [0.05, 0.1) is 19.3 Å². The normalized spacial score (nSPS) is 16.9. The first-order valence-electron chi connectivity index (χ1n) is 6.83. The van der Waals surface area contributed by atoms with Crippen molar-refractivity contribution in [2.24, 2.45) is 5.92 Å². The Bertz CT molecular complexity index is 312. The van der Waals surface area contributed by atoms with Crippen LogP contribution in [0.15, 0.2) is 17.5 Å². The standard InChI is InChI=1S/C14H23NO2S/c16-13(9-15-7-1-3-12-5-6-12)10-17-11-14-4-2-8-18-14/h2,4,8,12-13,15-16H,1,3,5-7,9-11H2. The van der Waals surface area contributed by atoms with Gasteiger partial charge in [0.2, 0.25) is 0 Å². The molecule has 3 nitrogen and oxygen atoms in total. The van der Waals surface area contributed by atoms with Crippen LogP contribution in [0.2, 0.25) is 0 Å². The van der Waals surface area contributed by atoms with Gasteiger partial charge in [-0.3, -0.25) is 0 Å². The van der Waals surface area contributed by atoms with E-state index in [4.69, 9.17) is 4.74 Å². The quantitative estimate of drug-likeness (QED) is 0.641. The Morgan fingerprint density at radius 3 is 3.11 bits per heavy atom. The molecule has 18 heavy (non-hydrogen) atoms. The lowest BCUT2D eigenvalue weighted by Gasteiger charge is -2.12. The summed E-state index contributed by atoms with van der Waals surface area (Å²) in [6, 6.07) is 4.06. The van der Waals surface area contributed by atoms with Crippen LogP contribution in [0.5, 0.6) is 0 Å². The Kier molecular flexibility index (Phi) is 6.14. The van der Waals surface area contributed by atoms with Crippen molar-refractivity contribution < 1.29 is 9.84 Å². The Balaban J connectivity index is 1.40. The smallest absolute Gasteiger partial charge is 0.0897 e. The number of hydrogen-bond donors (Lipinski definition) is 2. The Morgan fingerprint density at radius 2 is 2.39 bits per heavy atom. The summed E-state index contributed by atoms with van der Waals surface area (Å²) in [6.07, 6.45) is 5.04. The van der Waals surface area contributed by atoms with E-state index in [1.165, 1.54) is 30.6 Å². The van der Waals surface area contributed by atoms with E-state index < -0.39 is 6.10 Å². The van der Waals surface area contributed by atoms with Crippen molar-refractivity contribution in [1.29, 1.82) is 0 Å². The molecule has 0 bridgehead atoms. The van der Waals surface area contributed by atoms with E-state index in [1.807, 2.05) is 17.5 Å². The maximum absolute atomic E-state index is 9.71. The van der Waals surface area contributed by atoms with E-state index in [0.29, 0.717) is 19.8 Å². The number of ether oxygens (including phenoxy) is 1. The van der Waals surface area contributed by atoms with Gasteiger partial charge < -0.3 is 15.2 Å². The fourth-order valence-electron chi connectivity index (χ4n) is 1.94. The fraction of sp³-hybridized carbons (Fsp3) is 0.714. The Hall–Kier alpha value is -0.420. The van der Waals surface area contributed by atoms with Crippen LogP contribution >= 0.6 is 11.3 Å². The molecule has 2 rings (SSSR count). The van der Waals surface area contributed by atoms with Gasteiger partial charge in [0.25, 0.3) is 0 Å². The summed E-state index contributed by atoms with van der Waals surface area (Å²) >= 11 is 1.69. The van der Waals surface area contributed by atoms with Crippen molar-refractivity contribution >= 4 is 11.3 Å². The SMILES string of the molecule is OC(CNCCCC1CC1)COCc1cccs1. The number of hydrogen-bond acceptors (Lipinski definition) is 4. The summed E-state index contributed by atoms with van der Waals surface area (Å²) in [5.74, 6) is 1.01. The summed E-state index contributed by atoms with van der Waals surface area (Å²) in [4.78, 5) is 1.21. The van der Waals surface area contributed by atoms with Crippen LogP contribution in [0.1, 0.15) is 30.6 Å². The molecule has 2 N–H and O–H groups in total. The average molecular weight is 269 g/mol. The van der Waals surface area contributed by atoms with Gasteiger partial charge in [0.15, 0.2) is 0 Å². The molecule has 0 amide bonds. The van der Waals surface area contributed by atoms with Crippen molar-refractivity contribution in [3.63, 3.8) is 0 Å². The first-order valence-corrected chi connectivity index (χ1v) is 7.71. The lowest BCUT2D eigenvalue weighted by molar-refractivity contribution is 0.0299. The van der Waals surface area contributed by atoms with Gasteiger partial charge in [-0.1, -0.05) is 18.9 Å². The summed E-state index contributed by atoms with van der Waals surface area (Å²) in [5, 5.41) is 15.0. The molecular formula is C14H23NO2S. The lowest BCUT2D eigenvalue weighted by Crippen LogP contribution is -2.31. The van der Waals surface area contributed by atoms with Gasteiger partial charge in [0, 0.05) is 11.4 Å². The molecular weight excluding hydrogens is 246 g/mol. The minimum Gasteiger partial charge on any atom is -0.389 e. The molecule has 1 aliphatic rings. The van der Waals surface area contributed by atoms with E-state index in [9.17, 15) is 5.11 Å². The Labute approximate surface area is 113 Å². The summed E-state index contributed by atoms with van der Waals surface area (Å²) in [6.45, 7) is 2.66. The van der Waals surface area contributed by atoms with Crippen LogP contribution in [0.25, 0.3) is 0 Å². The van der Waals surface area contributed by atoms with Crippen LogP contribution < -0.4 is 5.32 Å². The van der Waals surface area contributed by atoms with Gasteiger partial charge in [-0.15, -0.1) is 11.3 Å². The predicted octanol–water partition coefficient (Wildman–Crippen LogP) is 2.41. The van der Waals surface area contributed by atoms with Crippen LogP contribution in [-0.2, 0) is 11.3 Å². The molecule has 0 saturated heterocycles. The van der Waals surface area contributed by atoms with Gasteiger partial charge in [-0.25, -0.2) is 0 Å². The second-order valence-corrected chi connectivity index (χ2v) is 6.07. The highest BCUT2D eigenvalue weighted by atomic mass is 32.1. The van der Waals surface area contributed by atoms with Crippen LogP contribution in [0.3, 0.4) is 0 Å². The first kappa shape index (κ1) is 14.0. The maximum Gasteiger partial charge on any atom is 0.0897 e. The molecule has 1 fully saturated rings. The number of rotatable bonds is 10. The molecule has 1 atom stereocenters. The van der Waals surface area contributed by atoms with Crippen LogP contribution in [-0.4, -0.2) is 30.9 Å². The molecule has 1 saturated carbocycles. The molecule has 1 heterocycles. The molecule has 102 valence electrons. The molecule has 0 radical (unpaired) electrons. The number of nitrogens with one attached hydrogen (secondary N) is 1. The Morgan fingerprint density at radius 1 is 1.50 bits per heavy atom. The minimum atomic E-state index is -0.397. The highest BCUT2D eigenvalue weighted by Gasteiger charge is 2.19. The fourth-order valence-corrected chi connectivity index (χ4v) is 2.58. The summed E-state index contributed by atoms with van der Waals surface area (Å²) in [7, 11) is 0. The van der Waals surface area contributed by atoms with E-state index >= 15 is 0 Å². The molecule has 1 unspecified atom stereocenters. The van der Waals surface area contributed by atoms with Gasteiger partial charge >= 0.3 is 0 Å². The largest absolute Gasteiger partial charge is 0.389 e. The van der Waals surface area contributed by atoms with Crippen molar-refractivity contribution in [1.82, 2.24) is 5.32 Å². The van der Waals surface area contributed by atoms with Gasteiger partial charge in [-0.2, -0.15) is 0 Å². The second-order valence-electron chi connectivity index (χ2n) is 5.04. The molecule has 1 aliphatic carbocycles. The molecule has 0 spiro atoms. The monoisotopic (exact) mass is 269 g/mol. The van der Waals surface area contributed by atoms with Crippen LogP contribution in [0, 0.1) is 5.92 Å². The summed E-state index contributed by atoms with van der Waals surface area (Å²) in [5.41, 5.74) is 0. The average Bonchev–Trinajstić information content (AvgIpc) is 3.04. The molecule has 4 heteroatoms. The van der Waals surface area contributed by atoms with Crippen molar-refractivity contribution in [2.45, 2.75) is 38.4 Å². The molecule has 1 aromatic rings. The van der Waals surface area contributed by atoms with E-state index in [2.05, 4.69) is 5.32 Å². The molecule has 0 aromatic carbocycles. The number of aliphatic hydroxyl groups excluding tert-OH is 1. The highest BCUT2D eigenvalue weighted by molar-refractivity contribution is 7.09. The second kappa shape index (κ2) is 7.89. The third-order valence-corrected chi connectivity index (χ3v) is 4.03. The molecule has 0 aliphatic heterocycles. The van der Waals surface area contributed by atoms with Crippen molar-refractivity contribution in [3.8, 4) is 0 Å². The lowest BCUT2D eigenvalue weighted by atomic mass is 10.2. The zero-order valence-electron chi connectivity index (χ0n) is 10.8. The zero-order chi connectivity index (χ0) is 12.6. The van der Waals surface area contributed by atoms with Crippen molar-refractivity contribution in [2.75, 3.05) is 19.7 Å². The van der Waals surface area contributed by atoms with E-state index in [1.54, 1.807) is 11.3 Å². The minimum absolute atomic E-state index is 0.397. The van der Waals surface area contributed by atoms with E-state index in [-0.39, 0.29) is 0 Å². The molecule has 1 aromatic heterocycles. The number of thiophene rings is 1. The third-order valence-electron chi connectivity index (χ3n) is 3.18. The third kappa shape index (κ3) is 5.96. The van der Waals surface area contributed by atoms with Crippen LogP contribution in [0.4, 0.5) is 0 Å². The van der Waals surface area contributed by atoms with Gasteiger partial charge in [-0.05, 0) is 36.8 Å².